The average molecular weight is 344 g/mol. The molecule has 0 radical (unpaired) electrons. The SMILES string of the molecule is COC(=O)c1ccc(C#CC=Cc2ccccc2-c2ccsc2)cc1. The van der Waals surface area contributed by atoms with Gasteiger partial charge in [0.05, 0.1) is 12.7 Å². The van der Waals surface area contributed by atoms with E-state index in [9.17, 15) is 4.79 Å². The van der Waals surface area contributed by atoms with E-state index < -0.39 is 0 Å². The number of methoxy groups -OCH3 is 1. The fourth-order valence-corrected chi connectivity index (χ4v) is 3.04. The molecule has 2 nitrogen and oxygen atoms in total. The molecule has 0 saturated heterocycles. The molecule has 0 atom stereocenters. The summed E-state index contributed by atoms with van der Waals surface area (Å²) in [7, 11) is 1.37. The molecule has 0 saturated carbocycles. The van der Waals surface area contributed by atoms with Crippen LogP contribution in [-0.4, -0.2) is 13.1 Å². The van der Waals surface area contributed by atoms with Crippen LogP contribution in [0.3, 0.4) is 0 Å². The molecule has 0 N–H and O–H groups in total. The highest BCUT2D eigenvalue weighted by atomic mass is 32.1. The fraction of sp³-hybridized carbons (Fsp3) is 0.0455. The molecule has 2 aromatic carbocycles. The number of allylic oxidation sites excluding steroid dienone is 1. The molecule has 3 heteroatoms. The van der Waals surface area contributed by atoms with Gasteiger partial charge in [-0.2, -0.15) is 11.3 Å². The first-order valence-corrected chi connectivity index (χ1v) is 8.70. The largest absolute Gasteiger partial charge is 0.465 e. The number of carbonyl (C=O) groups is 1. The summed E-state index contributed by atoms with van der Waals surface area (Å²) in [5, 5.41) is 4.22. The van der Waals surface area contributed by atoms with Gasteiger partial charge in [-0.05, 0) is 69.9 Å². The van der Waals surface area contributed by atoms with Crippen molar-refractivity contribution in [3.63, 3.8) is 0 Å². The van der Waals surface area contributed by atoms with Crippen LogP contribution in [0.15, 0.2) is 71.4 Å². The average Bonchev–Trinajstić information content (AvgIpc) is 3.20. The van der Waals surface area contributed by atoms with E-state index in [0.717, 1.165) is 11.1 Å². The Morgan fingerprint density at radius 1 is 1.08 bits per heavy atom. The highest BCUT2D eigenvalue weighted by Crippen LogP contribution is 2.26. The maximum Gasteiger partial charge on any atom is 0.337 e. The molecule has 3 aromatic rings. The lowest BCUT2D eigenvalue weighted by Gasteiger charge is -2.02. The first-order chi connectivity index (χ1) is 12.3. The van der Waals surface area contributed by atoms with E-state index in [2.05, 4.69) is 45.5 Å². The third-order valence-electron chi connectivity index (χ3n) is 3.66. The molecule has 0 aliphatic carbocycles. The Labute approximate surface area is 151 Å². The maximum atomic E-state index is 11.4. The maximum absolute atomic E-state index is 11.4. The van der Waals surface area contributed by atoms with E-state index in [1.807, 2.05) is 36.4 Å². The third kappa shape index (κ3) is 4.26. The topological polar surface area (TPSA) is 26.3 Å². The Morgan fingerprint density at radius 3 is 2.60 bits per heavy atom. The summed E-state index contributed by atoms with van der Waals surface area (Å²) in [5.74, 6) is 5.76. The Balaban J connectivity index is 1.75. The minimum Gasteiger partial charge on any atom is -0.465 e. The molecule has 122 valence electrons. The smallest absolute Gasteiger partial charge is 0.337 e. The van der Waals surface area contributed by atoms with Gasteiger partial charge in [0.15, 0.2) is 0 Å². The van der Waals surface area contributed by atoms with Crippen molar-refractivity contribution in [2.45, 2.75) is 0 Å². The molecule has 1 heterocycles. The molecule has 0 bridgehead atoms. The van der Waals surface area contributed by atoms with Gasteiger partial charge in [-0.1, -0.05) is 36.1 Å². The van der Waals surface area contributed by atoms with Gasteiger partial charge in [0.2, 0.25) is 0 Å². The molecule has 0 unspecified atom stereocenters. The summed E-state index contributed by atoms with van der Waals surface area (Å²) in [6.07, 6.45) is 3.86. The number of rotatable bonds is 3. The number of carbonyl (C=O) groups excluding carboxylic acids is 1. The zero-order valence-corrected chi connectivity index (χ0v) is 14.5. The molecular weight excluding hydrogens is 328 g/mol. The van der Waals surface area contributed by atoms with Crippen molar-refractivity contribution in [1.82, 2.24) is 0 Å². The van der Waals surface area contributed by atoms with Crippen LogP contribution in [-0.2, 0) is 4.74 Å². The van der Waals surface area contributed by atoms with Crippen LogP contribution in [0.1, 0.15) is 21.5 Å². The predicted octanol–water partition coefficient (Wildman–Crippen LogP) is 5.27. The highest BCUT2D eigenvalue weighted by molar-refractivity contribution is 7.08. The first-order valence-electron chi connectivity index (χ1n) is 7.76. The summed E-state index contributed by atoms with van der Waals surface area (Å²) < 4.78 is 4.68. The second kappa shape index (κ2) is 8.14. The van der Waals surface area contributed by atoms with E-state index in [4.69, 9.17) is 0 Å². The van der Waals surface area contributed by atoms with Crippen molar-refractivity contribution < 1.29 is 9.53 Å². The van der Waals surface area contributed by atoms with Crippen LogP contribution in [0.25, 0.3) is 17.2 Å². The number of hydrogen-bond donors (Lipinski definition) is 0. The van der Waals surface area contributed by atoms with Crippen molar-refractivity contribution in [2.75, 3.05) is 7.11 Å². The molecule has 3 rings (SSSR count). The van der Waals surface area contributed by atoms with Crippen molar-refractivity contribution in [3.05, 3.63) is 88.1 Å². The van der Waals surface area contributed by atoms with Crippen molar-refractivity contribution in [1.29, 1.82) is 0 Å². The number of thiophene rings is 1. The van der Waals surface area contributed by atoms with Gasteiger partial charge in [-0.25, -0.2) is 4.79 Å². The Kier molecular flexibility index (Phi) is 5.46. The summed E-state index contributed by atoms with van der Waals surface area (Å²) in [5.41, 5.74) is 4.92. The first kappa shape index (κ1) is 16.8. The van der Waals surface area contributed by atoms with Crippen molar-refractivity contribution in [2.24, 2.45) is 0 Å². The Hall–Kier alpha value is -3.09. The van der Waals surface area contributed by atoms with Crippen LogP contribution in [0, 0.1) is 11.8 Å². The minimum absolute atomic E-state index is 0.343. The minimum atomic E-state index is -0.343. The molecule has 0 spiro atoms. The molecule has 25 heavy (non-hydrogen) atoms. The van der Waals surface area contributed by atoms with Gasteiger partial charge in [-0.3, -0.25) is 0 Å². The highest BCUT2D eigenvalue weighted by Gasteiger charge is 2.03. The zero-order chi connectivity index (χ0) is 17.5. The number of ether oxygens (including phenoxy) is 1. The van der Waals surface area contributed by atoms with E-state index >= 15 is 0 Å². The van der Waals surface area contributed by atoms with Crippen LogP contribution < -0.4 is 0 Å². The summed E-state index contributed by atoms with van der Waals surface area (Å²) in [6, 6.07) is 17.4. The number of benzene rings is 2. The standard InChI is InChI=1S/C22H16O2S/c1-24-22(23)19-12-10-17(11-13-19)6-2-3-7-18-8-4-5-9-21(18)20-14-15-25-16-20/h3-5,7-16H,1H3. The van der Waals surface area contributed by atoms with E-state index in [1.54, 1.807) is 23.5 Å². The molecule has 0 fully saturated rings. The molecule has 1 aromatic heterocycles. The van der Waals surface area contributed by atoms with Gasteiger partial charge in [0.1, 0.15) is 0 Å². The zero-order valence-electron chi connectivity index (χ0n) is 13.7. The van der Waals surface area contributed by atoms with Gasteiger partial charge >= 0.3 is 5.97 Å². The Morgan fingerprint density at radius 2 is 1.88 bits per heavy atom. The van der Waals surface area contributed by atoms with Crippen LogP contribution >= 0.6 is 11.3 Å². The van der Waals surface area contributed by atoms with Crippen LogP contribution in [0.5, 0.6) is 0 Å². The lowest BCUT2D eigenvalue weighted by molar-refractivity contribution is 0.0600. The van der Waals surface area contributed by atoms with Crippen molar-refractivity contribution >= 4 is 23.4 Å². The normalized spacial score (nSPS) is 10.3. The van der Waals surface area contributed by atoms with Gasteiger partial charge in [-0.15, -0.1) is 0 Å². The van der Waals surface area contributed by atoms with Crippen LogP contribution in [0.2, 0.25) is 0 Å². The number of esters is 1. The van der Waals surface area contributed by atoms with Crippen molar-refractivity contribution in [3.8, 4) is 23.0 Å². The third-order valence-corrected chi connectivity index (χ3v) is 4.34. The summed E-state index contributed by atoms with van der Waals surface area (Å²) >= 11 is 1.69. The fourth-order valence-electron chi connectivity index (χ4n) is 2.39. The quantitative estimate of drug-likeness (QED) is 0.478. The number of hydrogen-bond acceptors (Lipinski definition) is 3. The lowest BCUT2D eigenvalue weighted by Crippen LogP contribution is -2.00. The van der Waals surface area contributed by atoms with Gasteiger partial charge in [0.25, 0.3) is 0 Å². The molecule has 0 aliphatic heterocycles. The lowest BCUT2D eigenvalue weighted by atomic mass is 10.0. The molecular formula is C22H16O2S. The van der Waals surface area contributed by atoms with E-state index in [-0.39, 0.29) is 5.97 Å². The Bertz CT molecular complexity index is 940. The monoisotopic (exact) mass is 344 g/mol. The summed E-state index contributed by atoms with van der Waals surface area (Å²) in [4.78, 5) is 11.4. The second-order valence-electron chi connectivity index (χ2n) is 5.27. The summed E-state index contributed by atoms with van der Waals surface area (Å²) in [6.45, 7) is 0. The molecule has 0 aliphatic rings. The van der Waals surface area contributed by atoms with E-state index in [1.165, 1.54) is 18.2 Å². The molecule has 0 amide bonds. The predicted molar refractivity (Wildman–Crippen MR) is 103 cm³/mol. The van der Waals surface area contributed by atoms with E-state index in [0.29, 0.717) is 5.56 Å². The second-order valence-corrected chi connectivity index (χ2v) is 6.05. The van der Waals surface area contributed by atoms with Crippen LogP contribution in [0.4, 0.5) is 0 Å². The van der Waals surface area contributed by atoms with Gasteiger partial charge < -0.3 is 4.74 Å². The van der Waals surface area contributed by atoms with Gasteiger partial charge in [0, 0.05) is 5.56 Å².